The lowest BCUT2D eigenvalue weighted by molar-refractivity contribution is -0.145. The highest BCUT2D eigenvalue weighted by atomic mass is 19.4. The van der Waals surface area contributed by atoms with Gasteiger partial charge in [0.2, 0.25) is 0 Å². The Kier molecular flexibility index (Phi) is 4.90. The van der Waals surface area contributed by atoms with E-state index >= 15 is 0 Å². The number of carbonyl (C=O) groups is 1. The summed E-state index contributed by atoms with van der Waals surface area (Å²) in [5, 5.41) is 0. The molecular weight excluding hydrogens is 263 g/mol. The molecule has 19 heavy (non-hydrogen) atoms. The molecule has 1 aromatic carbocycles. The number of rotatable bonds is 4. The van der Waals surface area contributed by atoms with Gasteiger partial charge < -0.3 is 15.2 Å². The van der Waals surface area contributed by atoms with E-state index < -0.39 is 29.9 Å². The van der Waals surface area contributed by atoms with Crippen LogP contribution in [0.2, 0.25) is 0 Å². The maximum absolute atomic E-state index is 12.4. The van der Waals surface area contributed by atoms with E-state index in [1.165, 1.54) is 26.4 Å². The van der Waals surface area contributed by atoms with Gasteiger partial charge in [0.15, 0.2) is 0 Å². The van der Waals surface area contributed by atoms with E-state index in [0.717, 1.165) is 12.1 Å². The Morgan fingerprint density at radius 2 is 1.74 bits per heavy atom. The molecule has 1 rings (SSSR count). The smallest absolute Gasteiger partial charge is 0.416 e. The number of hydrogen-bond acceptors (Lipinski definition) is 4. The number of alkyl halides is 3. The van der Waals surface area contributed by atoms with Crippen molar-refractivity contribution in [1.29, 1.82) is 0 Å². The molecule has 0 aromatic heterocycles. The largest absolute Gasteiger partial charge is 0.468 e. The van der Waals surface area contributed by atoms with Crippen LogP contribution in [0.25, 0.3) is 0 Å². The van der Waals surface area contributed by atoms with Gasteiger partial charge in [-0.1, -0.05) is 12.1 Å². The molecule has 0 radical (unpaired) electrons. The van der Waals surface area contributed by atoms with Crippen LogP contribution < -0.4 is 5.73 Å². The Hall–Kier alpha value is -1.60. The lowest BCUT2D eigenvalue weighted by atomic mass is 10.0. The van der Waals surface area contributed by atoms with Gasteiger partial charge in [0.1, 0.15) is 12.1 Å². The van der Waals surface area contributed by atoms with Crippen molar-refractivity contribution in [3.8, 4) is 0 Å². The van der Waals surface area contributed by atoms with E-state index in [-0.39, 0.29) is 0 Å². The fourth-order valence-electron chi connectivity index (χ4n) is 1.61. The second-order valence-electron chi connectivity index (χ2n) is 3.83. The van der Waals surface area contributed by atoms with Gasteiger partial charge in [-0.25, -0.2) is 0 Å². The summed E-state index contributed by atoms with van der Waals surface area (Å²) in [4.78, 5) is 11.3. The van der Waals surface area contributed by atoms with E-state index in [1.807, 2.05) is 0 Å². The lowest BCUT2D eigenvalue weighted by Gasteiger charge is -2.21. The van der Waals surface area contributed by atoms with Crippen molar-refractivity contribution in [2.75, 3.05) is 14.2 Å². The molecule has 106 valence electrons. The number of benzene rings is 1. The maximum Gasteiger partial charge on any atom is 0.416 e. The van der Waals surface area contributed by atoms with Gasteiger partial charge in [0, 0.05) is 7.11 Å². The van der Waals surface area contributed by atoms with Crippen LogP contribution in [0.15, 0.2) is 24.3 Å². The Balaban J connectivity index is 2.97. The number of esters is 1. The predicted molar refractivity (Wildman–Crippen MR) is 61.2 cm³/mol. The number of halogens is 3. The first-order chi connectivity index (χ1) is 8.81. The second kappa shape index (κ2) is 6.03. The van der Waals surface area contributed by atoms with Crippen molar-refractivity contribution in [2.45, 2.75) is 18.3 Å². The summed E-state index contributed by atoms with van der Waals surface area (Å²) in [7, 11) is 2.48. The highest BCUT2D eigenvalue weighted by Crippen LogP contribution is 2.30. The minimum atomic E-state index is -4.41. The molecule has 1 aromatic rings. The van der Waals surface area contributed by atoms with Crippen LogP contribution in [0.4, 0.5) is 13.2 Å². The zero-order valence-corrected chi connectivity index (χ0v) is 10.4. The number of carbonyl (C=O) groups excluding carboxylic acids is 1. The van der Waals surface area contributed by atoms with Gasteiger partial charge in [-0.2, -0.15) is 13.2 Å². The molecule has 0 bridgehead atoms. The number of nitrogens with two attached hydrogens (primary N) is 1. The third-order valence-corrected chi connectivity index (χ3v) is 2.62. The normalized spacial score (nSPS) is 14.8. The third-order valence-electron chi connectivity index (χ3n) is 2.62. The Morgan fingerprint density at radius 1 is 1.21 bits per heavy atom. The van der Waals surface area contributed by atoms with E-state index in [2.05, 4.69) is 4.74 Å². The van der Waals surface area contributed by atoms with Gasteiger partial charge in [-0.3, -0.25) is 4.79 Å². The molecule has 7 heteroatoms. The highest BCUT2D eigenvalue weighted by molar-refractivity contribution is 5.76. The Morgan fingerprint density at radius 3 is 2.11 bits per heavy atom. The summed E-state index contributed by atoms with van der Waals surface area (Å²) >= 11 is 0. The van der Waals surface area contributed by atoms with Crippen LogP contribution in [0.1, 0.15) is 17.2 Å². The molecule has 0 amide bonds. The molecule has 0 spiro atoms. The first-order valence-electron chi connectivity index (χ1n) is 5.34. The topological polar surface area (TPSA) is 61.5 Å². The minimum absolute atomic E-state index is 0.369. The fraction of sp³-hybridized carbons (Fsp3) is 0.417. The first kappa shape index (κ1) is 15.5. The molecule has 0 fully saturated rings. The maximum atomic E-state index is 12.4. The average molecular weight is 277 g/mol. The predicted octanol–water partition coefficient (Wildman–Crippen LogP) is 1.89. The van der Waals surface area contributed by atoms with Gasteiger partial charge in [-0.15, -0.1) is 0 Å². The first-order valence-corrected chi connectivity index (χ1v) is 5.34. The molecule has 0 heterocycles. The van der Waals surface area contributed by atoms with Gasteiger partial charge in [-0.05, 0) is 17.7 Å². The minimum Gasteiger partial charge on any atom is -0.468 e. The van der Waals surface area contributed by atoms with Crippen LogP contribution in [-0.4, -0.2) is 26.2 Å². The van der Waals surface area contributed by atoms with Crippen LogP contribution in [0.5, 0.6) is 0 Å². The molecule has 0 aliphatic rings. The van der Waals surface area contributed by atoms with Gasteiger partial charge in [0.25, 0.3) is 0 Å². The summed E-state index contributed by atoms with van der Waals surface area (Å²) in [5.41, 5.74) is 5.21. The molecule has 0 aliphatic carbocycles. The lowest BCUT2D eigenvalue weighted by Crippen LogP contribution is -2.38. The molecule has 0 unspecified atom stereocenters. The van der Waals surface area contributed by atoms with E-state index in [9.17, 15) is 18.0 Å². The van der Waals surface area contributed by atoms with Gasteiger partial charge in [0.05, 0.1) is 12.7 Å². The monoisotopic (exact) mass is 277 g/mol. The molecule has 0 saturated carbocycles. The second-order valence-corrected chi connectivity index (χ2v) is 3.83. The summed E-state index contributed by atoms with van der Waals surface area (Å²) in [6.45, 7) is 0. The molecule has 2 N–H and O–H groups in total. The molecule has 2 atom stereocenters. The Bertz CT molecular complexity index is 431. The van der Waals surface area contributed by atoms with Crippen LogP contribution in [-0.2, 0) is 20.4 Å². The number of hydrogen-bond donors (Lipinski definition) is 1. The Labute approximate surface area is 108 Å². The van der Waals surface area contributed by atoms with Gasteiger partial charge >= 0.3 is 12.1 Å². The quantitative estimate of drug-likeness (QED) is 0.854. The van der Waals surface area contributed by atoms with E-state index in [1.54, 1.807) is 0 Å². The molecule has 4 nitrogen and oxygen atoms in total. The summed E-state index contributed by atoms with van der Waals surface area (Å²) < 4.78 is 46.8. The summed E-state index contributed by atoms with van der Waals surface area (Å²) in [6, 6.07) is 3.16. The van der Waals surface area contributed by atoms with Crippen molar-refractivity contribution >= 4 is 5.97 Å². The van der Waals surface area contributed by atoms with Crippen LogP contribution in [0.3, 0.4) is 0 Å². The third kappa shape index (κ3) is 3.68. The molecule has 0 saturated heterocycles. The van der Waals surface area contributed by atoms with Crippen LogP contribution >= 0.6 is 0 Å². The van der Waals surface area contributed by atoms with E-state index in [0.29, 0.717) is 5.56 Å². The molecular formula is C12H14F3NO3. The molecule has 0 aliphatic heterocycles. The van der Waals surface area contributed by atoms with Crippen molar-refractivity contribution in [1.82, 2.24) is 0 Å². The van der Waals surface area contributed by atoms with Crippen molar-refractivity contribution in [3.05, 3.63) is 35.4 Å². The van der Waals surface area contributed by atoms with E-state index in [4.69, 9.17) is 10.5 Å². The number of ether oxygens (including phenoxy) is 2. The zero-order valence-electron chi connectivity index (χ0n) is 10.4. The zero-order chi connectivity index (χ0) is 14.6. The van der Waals surface area contributed by atoms with Crippen LogP contribution in [0, 0.1) is 0 Å². The summed E-state index contributed by atoms with van der Waals surface area (Å²) in [5.74, 6) is -0.702. The standard InChI is InChI=1S/C12H14F3NO3/c1-18-10(9(16)11(17)19-2)7-3-5-8(6-4-7)12(13,14)15/h3-6,9-10H,16H2,1-2H3/t9-,10-/m0/s1. The number of methoxy groups -OCH3 is 2. The van der Waals surface area contributed by atoms with Crippen molar-refractivity contribution in [3.63, 3.8) is 0 Å². The summed E-state index contributed by atoms with van der Waals surface area (Å²) in [6.07, 6.45) is -5.28. The fourth-order valence-corrected chi connectivity index (χ4v) is 1.61. The highest BCUT2D eigenvalue weighted by Gasteiger charge is 2.31. The van der Waals surface area contributed by atoms with Crippen molar-refractivity contribution in [2.24, 2.45) is 5.73 Å². The van der Waals surface area contributed by atoms with Crippen molar-refractivity contribution < 1.29 is 27.4 Å². The average Bonchev–Trinajstić information content (AvgIpc) is 2.38. The SMILES string of the molecule is COC(=O)[C@@H](N)[C@@H](OC)c1ccc(C(F)(F)F)cc1.